The van der Waals surface area contributed by atoms with Crippen molar-refractivity contribution in [3.8, 4) is 0 Å². The monoisotopic (exact) mass is 435 g/mol. The molecule has 8 nitrogen and oxygen atoms in total. The van der Waals surface area contributed by atoms with E-state index in [0.29, 0.717) is 30.9 Å². The van der Waals surface area contributed by atoms with Crippen LogP contribution < -0.4 is 10.6 Å². The van der Waals surface area contributed by atoms with E-state index in [4.69, 9.17) is 9.47 Å². The molecule has 2 aliphatic heterocycles. The topological polar surface area (TPSA) is 100 Å². The third-order valence-corrected chi connectivity index (χ3v) is 6.04. The fourth-order valence-corrected chi connectivity index (χ4v) is 4.16. The molecule has 170 valence electrons. The van der Waals surface area contributed by atoms with Gasteiger partial charge in [-0.25, -0.2) is 9.18 Å². The van der Waals surface area contributed by atoms with Gasteiger partial charge in [0.05, 0.1) is 44.4 Å². The molecule has 31 heavy (non-hydrogen) atoms. The number of hydrogen-bond donors (Lipinski definition) is 3. The summed E-state index contributed by atoms with van der Waals surface area (Å²) in [5.41, 5.74) is 0.470. The van der Waals surface area contributed by atoms with E-state index in [1.165, 1.54) is 37.1 Å². The van der Waals surface area contributed by atoms with E-state index < -0.39 is 6.10 Å². The fourth-order valence-electron chi connectivity index (χ4n) is 4.16. The lowest BCUT2D eigenvalue weighted by Gasteiger charge is -2.44. The highest BCUT2D eigenvalue weighted by atomic mass is 19.1. The summed E-state index contributed by atoms with van der Waals surface area (Å²) in [4.78, 5) is 26.8. The molecule has 0 radical (unpaired) electrons. The number of anilines is 1. The van der Waals surface area contributed by atoms with Crippen molar-refractivity contribution >= 4 is 17.6 Å². The normalized spacial score (nSPS) is 28.8. The zero-order chi connectivity index (χ0) is 21.8. The largest absolute Gasteiger partial charge is 0.389 e. The van der Waals surface area contributed by atoms with E-state index in [1.54, 1.807) is 4.90 Å². The maximum Gasteiger partial charge on any atom is 0.322 e. The summed E-state index contributed by atoms with van der Waals surface area (Å²) in [5.74, 6) is 0.229. The summed E-state index contributed by atoms with van der Waals surface area (Å²) in [6.07, 6.45) is 2.50. The van der Waals surface area contributed by atoms with Crippen LogP contribution in [0.15, 0.2) is 24.3 Å². The first-order chi connectivity index (χ1) is 15.0. The second-order valence-corrected chi connectivity index (χ2v) is 8.67. The summed E-state index contributed by atoms with van der Waals surface area (Å²) in [6, 6.07) is 4.85. The van der Waals surface area contributed by atoms with Crippen LogP contribution in [-0.4, -0.2) is 72.6 Å². The highest BCUT2D eigenvalue weighted by Gasteiger charge is 2.40. The summed E-state index contributed by atoms with van der Waals surface area (Å²) in [6.45, 7) is 1.17. The Morgan fingerprint density at radius 2 is 1.90 bits per heavy atom. The number of benzene rings is 1. The fraction of sp³-hybridized carbons (Fsp3) is 0.636. The number of β-amino-alcohol motifs (C(OH)–C–C–N with tert-alkyl or cyclic N) is 1. The average Bonchev–Trinajstić information content (AvgIpc) is 3.56. The quantitative estimate of drug-likeness (QED) is 0.656. The van der Waals surface area contributed by atoms with Crippen LogP contribution in [0.4, 0.5) is 14.9 Å². The van der Waals surface area contributed by atoms with Crippen molar-refractivity contribution in [2.75, 3.05) is 31.6 Å². The number of urea groups is 1. The molecule has 0 unspecified atom stereocenters. The molecule has 1 aromatic carbocycles. The summed E-state index contributed by atoms with van der Waals surface area (Å²) in [7, 11) is 0. The number of fused-ring (bicyclic) bond motifs is 1. The average molecular weight is 435 g/mol. The first-order valence-corrected chi connectivity index (χ1v) is 11.0. The van der Waals surface area contributed by atoms with Gasteiger partial charge in [-0.3, -0.25) is 4.79 Å². The number of ether oxygens (including phenoxy) is 2. The van der Waals surface area contributed by atoms with Gasteiger partial charge in [-0.15, -0.1) is 0 Å². The van der Waals surface area contributed by atoms with Crippen molar-refractivity contribution in [2.24, 2.45) is 5.92 Å². The summed E-state index contributed by atoms with van der Waals surface area (Å²) >= 11 is 0. The summed E-state index contributed by atoms with van der Waals surface area (Å²) < 4.78 is 24.9. The zero-order valence-corrected chi connectivity index (χ0v) is 17.5. The van der Waals surface area contributed by atoms with Crippen LogP contribution >= 0.6 is 0 Å². The van der Waals surface area contributed by atoms with Gasteiger partial charge in [0.25, 0.3) is 0 Å². The Hall–Kier alpha value is -2.23. The highest BCUT2D eigenvalue weighted by molar-refractivity contribution is 5.89. The van der Waals surface area contributed by atoms with Crippen LogP contribution in [-0.2, 0) is 14.3 Å². The van der Waals surface area contributed by atoms with Gasteiger partial charge in [-0.1, -0.05) is 0 Å². The minimum atomic E-state index is -0.814. The lowest BCUT2D eigenvalue weighted by atomic mass is 9.95. The van der Waals surface area contributed by atoms with Gasteiger partial charge in [-0.05, 0) is 55.9 Å². The number of nitrogens with zero attached hydrogens (tertiary/aromatic N) is 1. The molecule has 1 aromatic rings. The van der Waals surface area contributed by atoms with Crippen molar-refractivity contribution in [1.82, 2.24) is 10.2 Å². The molecule has 3 aliphatic rings. The van der Waals surface area contributed by atoms with Gasteiger partial charge in [0, 0.05) is 12.2 Å². The van der Waals surface area contributed by atoms with Crippen LogP contribution in [0.5, 0.6) is 0 Å². The maximum atomic E-state index is 13.2. The number of aliphatic hydroxyl groups is 1. The van der Waals surface area contributed by atoms with Gasteiger partial charge in [-0.2, -0.15) is 0 Å². The van der Waals surface area contributed by atoms with Crippen LogP contribution in [0.3, 0.4) is 0 Å². The number of halogens is 1. The molecule has 0 spiro atoms. The molecule has 4 atom stereocenters. The molecular weight excluding hydrogens is 405 g/mol. The van der Waals surface area contributed by atoms with Crippen molar-refractivity contribution in [2.45, 2.75) is 56.5 Å². The Labute approximate surface area is 181 Å². The number of rotatable bonds is 5. The Morgan fingerprint density at radius 3 is 2.65 bits per heavy atom. The Balaban J connectivity index is 1.38. The van der Waals surface area contributed by atoms with Gasteiger partial charge in [0.2, 0.25) is 5.91 Å². The van der Waals surface area contributed by atoms with Crippen LogP contribution in [0.1, 0.15) is 32.1 Å². The van der Waals surface area contributed by atoms with Gasteiger partial charge in [0.15, 0.2) is 0 Å². The summed E-state index contributed by atoms with van der Waals surface area (Å²) in [5, 5.41) is 15.9. The second kappa shape index (κ2) is 9.93. The van der Waals surface area contributed by atoms with Gasteiger partial charge >= 0.3 is 6.03 Å². The van der Waals surface area contributed by atoms with Gasteiger partial charge in [0.1, 0.15) is 11.9 Å². The van der Waals surface area contributed by atoms with Crippen molar-refractivity contribution in [1.29, 1.82) is 0 Å². The van der Waals surface area contributed by atoms with E-state index >= 15 is 0 Å². The molecule has 0 bridgehead atoms. The lowest BCUT2D eigenvalue weighted by Crippen LogP contribution is -2.58. The number of amides is 3. The Morgan fingerprint density at radius 1 is 1.13 bits per heavy atom. The third kappa shape index (κ3) is 6.15. The number of hydrogen-bond acceptors (Lipinski definition) is 5. The highest BCUT2D eigenvalue weighted by Crippen LogP contribution is 2.29. The number of nitrogens with one attached hydrogen (secondary N) is 2. The third-order valence-electron chi connectivity index (χ3n) is 6.04. The van der Waals surface area contributed by atoms with Crippen LogP contribution in [0.2, 0.25) is 0 Å². The minimum absolute atomic E-state index is 0.0107. The van der Waals surface area contributed by atoms with Gasteiger partial charge < -0.3 is 30.1 Å². The van der Waals surface area contributed by atoms with Crippen molar-refractivity contribution < 1.29 is 28.6 Å². The zero-order valence-electron chi connectivity index (χ0n) is 17.5. The molecule has 3 amide bonds. The molecule has 9 heteroatoms. The van der Waals surface area contributed by atoms with Crippen LogP contribution in [0.25, 0.3) is 0 Å². The van der Waals surface area contributed by atoms with E-state index in [-0.39, 0.29) is 55.8 Å². The standard InChI is InChI=1S/C22H30FN3O5/c23-15-3-5-16(6-4-15)25-22(29)26-11-17(27)12-30-13-20-19(26)8-7-18(31-20)9-21(28)24-10-14-1-2-14/h3-6,14,17-20,27H,1-2,7-13H2,(H,24,28)(H,25,29)/t17-,18+,19+,20-/m0/s1. The van der Waals surface area contributed by atoms with E-state index in [9.17, 15) is 19.1 Å². The molecule has 1 aliphatic carbocycles. The molecule has 3 N–H and O–H groups in total. The Kier molecular flexibility index (Phi) is 7.04. The number of carbonyl (C=O) groups excluding carboxylic acids is 2. The predicted octanol–water partition coefficient (Wildman–Crippen LogP) is 1.88. The molecule has 1 saturated carbocycles. The molecule has 4 rings (SSSR count). The smallest absolute Gasteiger partial charge is 0.322 e. The van der Waals surface area contributed by atoms with E-state index in [2.05, 4.69) is 10.6 Å². The first-order valence-electron chi connectivity index (χ1n) is 11.0. The SMILES string of the molecule is O=C(C[C@H]1CC[C@@H]2[C@H](COC[C@@H](O)CN2C(=O)Nc2ccc(F)cc2)O1)NCC1CC1. The van der Waals surface area contributed by atoms with Crippen LogP contribution in [0, 0.1) is 11.7 Å². The lowest BCUT2D eigenvalue weighted by molar-refractivity contribution is -0.149. The maximum absolute atomic E-state index is 13.2. The molecule has 2 saturated heterocycles. The molecule has 2 heterocycles. The number of aliphatic hydroxyl groups excluding tert-OH is 1. The molecule has 3 fully saturated rings. The van der Waals surface area contributed by atoms with E-state index in [0.717, 1.165) is 6.54 Å². The number of carbonyl (C=O) groups is 2. The van der Waals surface area contributed by atoms with Crippen molar-refractivity contribution in [3.63, 3.8) is 0 Å². The second-order valence-electron chi connectivity index (χ2n) is 8.67. The predicted molar refractivity (Wildman–Crippen MR) is 111 cm³/mol. The first kappa shape index (κ1) is 22.0. The molecule has 0 aromatic heterocycles. The van der Waals surface area contributed by atoms with Crippen molar-refractivity contribution in [3.05, 3.63) is 30.1 Å². The molecular formula is C22H30FN3O5. The van der Waals surface area contributed by atoms with E-state index in [1.807, 2.05) is 0 Å². The Bertz CT molecular complexity index is 773. The minimum Gasteiger partial charge on any atom is -0.389 e.